The Balaban J connectivity index is 1.80. The van der Waals surface area contributed by atoms with Gasteiger partial charge in [0.1, 0.15) is 12.4 Å². The molecule has 0 atom stereocenters. The average Bonchev–Trinajstić information content (AvgIpc) is 2.84. The maximum atomic E-state index is 13.3. The number of hydrogen-bond donors (Lipinski definition) is 0. The molecule has 0 N–H and O–H groups in total. The monoisotopic (exact) mass is 612 g/mol. The molecular formula is C26H22Br2N4O4. The Labute approximate surface area is 224 Å². The van der Waals surface area contributed by atoms with Crippen LogP contribution in [0, 0.1) is 17.0 Å². The predicted molar refractivity (Wildman–Crippen MR) is 147 cm³/mol. The zero-order valence-electron chi connectivity index (χ0n) is 19.6. The lowest BCUT2D eigenvalue weighted by Gasteiger charge is -2.12. The first-order chi connectivity index (χ1) is 17.3. The van der Waals surface area contributed by atoms with Gasteiger partial charge in [-0.2, -0.15) is 9.78 Å². The lowest BCUT2D eigenvalue weighted by atomic mass is 10.1. The van der Waals surface area contributed by atoms with E-state index in [1.807, 2.05) is 44.2 Å². The molecule has 0 aliphatic heterocycles. The molecule has 10 heteroatoms. The molecule has 0 bridgehead atoms. The van der Waals surface area contributed by atoms with Gasteiger partial charge < -0.3 is 4.74 Å². The lowest BCUT2D eigenvalue weighted by Crippen LogP contribution is -2.22. The second kappa shape index (κ2) is 11.1. The Morgan fingerprint density at radius 1 is 1.11 bits per heavy atom. The summed E-state index contributed by atoms with van der Waals surface area (Å²) < 4.78 is 8.41. The van der Waals surface area contributed by atoms with Crippen molar-refractivity contribution >= 4 is 54.7 Å². The summed E-state index contributed by atoms with van der Waals surface area (Å²) in [6.07, 6.45) is 2.69. The number of rotatable bonds is 8. The van der Waals surface area contributed by atoms with E-state index in [9.17, 15) is 14.9 Å². The van der Waals surface area contributed by atoms with Gasteiger partial charge in [-0.25, -0.2) is 4.98 Å². The Hall–Kier alpha value is -3.37. The summed E-state index contributed by atoms with van der Waals surface area (Å²) in [4.78, 5) is 29.2. The number of ether oxygens (including phenoxy) is 1. The molecule has 0 saturated carbocycles. The van der Waals surface area contributed by atoms with Crippen LogP contribution in [0.5, 0.6) is 5.75 Å². The fraction of sp³-hybridized carbons (Fsp3) is 0.192. The van der Waals surface area contributed by atoms with Crippen LogP contribution in [0.15, 0.2) is 73.4 Å². The first kappa shape index (κ1) is 25.7. The molecule has 0 fully saturated rings. The minimum Gasteiger partial charge on any atom is -0.481 e. The largest absolute Gasteiger partial charge is 0.481 e. The highest BCUT2D eigenvalue weighted by Gasteiger charge is 2.21. The molecule has 8 nitrogen and oxygen atoms in total. The van der Waals surface area contributed by atoms with Crippen LogP contribution in [-0.4, -0.2) is 20.8 Å². The van der Waals surface area contributed by atoms with Crippen molar-refractivity contribution in [2.24, 2.45) is 5.10 Å². The zero-order chi connectivity index (χ0) is 25.8. The number of aryl methyl sites for hydroxylation is 2. The van der Waals surface area contributed by atoms with Crippen molar-refractivity contribution in [3.8, 4) is 5.75 Å². The van der Waals surface area contributed by atoms with Gasteiger partial charge in [0.2, 0.25) is 5.75 Å². The second-order valence-corrected chi connectivity index (χ2v) is 10.0. The van der Waals surface area contributed by atoms with Crippen LogP contribution in [0.1, 0.15) is 35.9 Å². The van der Waals surface area contributed by atoms with Gasteiger partial charge in [0.25, 0.3) is 5.56 Å². The van der Waals surface area contributed by atoms with Gasteiger partial charge >= 0.3 is 5.69 Å². The number of hydrogen-bond acceptors (Lipinski definition) is 6. The highest BCUT2D eigenvalue weighted by Crippen LogP contribution is 2.34. The number of nitrogens with zero attached hydrogens (tertiary/aromatic N) is 4. The maximum Gasteiger partial charge on any atom is 0.312 e. The maximum absolute atomic E-state index is 13.3. The number of benzene rings is 3. The van der Waals surface area contributed by atoms with Crippen LogP contribution in [0.25, 0.3) is 10.9 Å². The Kier molecular flexibility index (Phi) is 7.95. The number of nitro groups is 1. The van der Waals surface area contributed by atoms with E-state index in [-0.39, 0.29) is 23.6 Å². The molecule has 0 spiro atoms. The smallest absolute Gasteiger partial charge is 0.312 e. The number of fused-ring (bicyclic) bond motifs is 1. The fourth-order valence-corrected chi connectivity index (χ4v) is 4.47. The number of aromatic nitrogens is 2. The van der Waals surface area contributed by atoms with Gasteiger partial charge in [0.05, 0.1) is 22.0 Å². The van der Waals surface area contributed by atoms with Crippen LogP contribution in [0.4, 0.5) is 5.69 Å². The van der Waals surface area contributed by atoms with E-state index < -0.39 is 4.92 Å². The van der Waals surface area contributed by atoms with Gasteiger partial charge in [-0.15, -0.1) is 0 Å². The minimum absolute atomic E-state index is 0.0640. The van der Waals surface area contributed by atoms with Crippen molar-refractivity contribution in [3.63, 3.8) is 0 Å². The van der Waals surface area contributed by atoms with Crippen molar-refractivity contribution in [2.75, 3.05) is 0 Å². The molecule has 0 radical (unpaired) electrons. The van der Waals surface area contributed by atoms with Crippen LogP contribution >= 0.6 is 31.9 Å². The topological polar surface area (TPSA) is 99.6 Å². The van der Waals surface area contributed by atoms with Gasteiger partial charge in [-0.1, -0.05) is 68.6 Å². The first-order valence-corrected chi connectivity index (χ1v) is 12.8. The van der Waals surface area contributed by atoms with Crippen molar-refractivity contribution < 1.29 is 9.66 Å². The van der Waals surface area contributed by atoms with Gasteiger partial charge in [0.15, 0.2) is 0 Å². The summed E-state index contributed by atoms with van der Waals surface area (Å²) in [7, 11) is 0. The van der Waals surface area contributed by atoms with E-state index in [1.165, 1.54) is 17.0 Å². The Bertz CT molecular complexity index is 1530. The van der Waals surface area contributed by atoms with Gasteiger partial charge in [-0.05, 0) is 43.2 Å². The van der Waals surface area contributed by atoms with Crippen LogP contribution in [-0.2, 0) is 13.0 Å². The normalized spacial score (nSPS) is 11.3. The lowest BCUT2D eigenvalue weighted by molar-refractivity contribution is -0.386. The Morgan fingerprint density at radius 3 is 2.56 bits per heavy atom. The summed E-state index contributed by atoms with van der Waals surface area (Å²) in [6.45, 7) is 4.10. The predicted octanol–water partition coefficient (Wildman–Crippen LogP) is 6.55. The highest BCUT2D eigenvalue weighted by atomic mass is 79.9. The zero-order valence-corrected chi connectivity index (χ0v) is 22.7. The van der Waals surface area contributed by atoms with E-state index in [1.54, 1.807) is 18.2 Å². The molecule has 36 heavy (non-hydrogen) atoms. The molecule has 4 aromatic rings. The number of nitro benzene ring substituents is 1. The summed E-state index contributed by atoms with van der Waals surface area (Å²) >= 11 is 6.73. The summed E-state index contributed by atoms with van der Waals surface area (Å²) in [5.74, 6) is 0.564. The third kappa shape index (κ3) is 5.71. The summed E-state index contributed by atoms with van der Waals surface area (Å²) in [6, 6.07) is 16.1. The van der Waals surface area contributed by atoms with Crippen molar-refractivity contribution in [2.45, 2.75) is 33.3 Å². The summed E-state index contributed by atoms with van der Waals surface area (Å²) in [5, 5.41) is 16.7. The van der Waals surface area contributed by atoms with Crippen LogP contribution in [0.2, 0.25) is 0 Å². The standard InChI is InChI=1S/C26H22Br2N4O4/c1-3-4-24-30-22-10-9-19(27)12-21(22)26(33)31(24)29-14-18-11-20(28)13-23(32(34)35)25(18)36-15-17-7-5-16(2)6-8-17/h5-14H,3-4,15H2,1-2H3. The third-order valence-electron chi connectivity index (χ3n) is 5.42. The minimum atomic E-state index is -0.504. The molecule has 0 unspecified atom stereocenters. The van der Waals surface area contributed by atoms with Crippen LogP contribution in [0.3, 0.4) is 0 Å². The second-order valence-electron chi connectivity index (χ2n) is 8.18. The van der Waals surface area contributed by atoms with E-state index in [0.29, 0.717) is 33.2 Å². The molecule has 0 saturated heterocycles. The quantitative estimate of drug-likeness (QED) is 0.127. The van der Waals surface area contributed by atoms with Crippen molar-refractivity contribution in [3.05, 3.63) is 107 Å². The summed E-state index contributed by atoms with van der Waals surface area (Å²) in [5.41, 5.74) is 2.37. The molecule has 0 aliphatic carbocycles. The molecule has 1 aromatic heterocycles. The van der Waals surface area contributed by atoms with Crippen LogP contribution < -0.4 is 10.3 Å². The first-order valence-electron chi connectivity index (χ1n) is 11.2. The molecule has 4 rings (SSSR count). The molecule has 184 valence electrons. The van der Waals surface area contributed by atoms with E-state index in [0.717, 1.165) is 22.0 Å². The highest BCUT2D eigenvalue weighted by molar-refractivity contribution is 9.10. The van der Waals surface area contributed by atoms with Crippen molar-refractivity contribution in [1.82, 2.24) is 9.66 Å². The SMILES string of the molecule is CCCc1nc2ccc(Br)cc2c(=O)n1N=Cc1cc(Br)cc([N+](=O)[O-])c1OCc1ccc(C)cc1. The molecule has 0 amide bonds. The molecule has 0 aliphatic rings. The van der Waals surface area contributed by atoms with Gasteiger partial charge in [0, 0.05) is 27.0 Å². The molecular weight excluding hydrogens is 592 g/mol. The fourth-order valence-electron chi connectivity index (χ4n) is 3.65. The van der Waals surface area contributed by atoms with Crippen molar-refractivity contribution in [1.29, 1.82) is 0 Å². The number of halogens is 2. The third-order valence-corrected chi connectivity index (χ3v) is 6.38. The van der Waals surface area contributed by atoms with E-state index >= 15 is 0 Å². The molecule has 3 aromatic carbocycles. The Morgan fingerprint density at radius 2 is 1.86 bits per heavy atom. The van der Waals surface area contributed by atoms with E-state index in [2.05, 4.69) is 41.9 Å². The average molecular weight is 614 g/mol. The van der Waals surface area contributed by atoms with E-state index in [4.69, 9.17) is 4.74 Å². The van der Waals surface area contributed by atoms with Gasteiger partial charge in [-0.3, -0.25) is 14.9 Å². The molecule has 1 heterocycles.